The molecule has 9 nitrogen and oxygen atoms in total. The van der Waals surface area contributed by atoms with Crippen molar-refractivity contribution in [2.24, 2.45) is 5.41 Å². The number of rotatable bonds is 8. The van der Waals surface area contributed by atoms with Crippen LogP contribution in [0.1, 0.15) is 33.3 Å². The number of carbonyl (C=O) groups is 1. The number of ether oxygens (including phenoxy) is 1. The first-order chi connectivity index (χ1) is 18.8. The summed E-state index contributed by atoms with van der Waals surface area (Å²) in [5.41, 5.74) is 0.494. The third-order valence-electron chi connectivity index (χ3n) is 6.08. The van der Waals surface area contributed by atoms with E-state index in [0.717, 1.165) is 28.0 Å². The summed E-state index contributed by atoms with van der Waals surface area (Å²) in [6.07, 6.45) is 5.90. The number of carbonyl (C=O) groups excluding carboxylic acids is 1. The van der Waals surface area contributed by atoms with Crippen molar-refractivity contribution in [2.45, 2.75) is 45.6 Å². The van der Waals surface area contributed by atoms with Gasteiger partial charge in [-0.25, -0.2) is 40.9 Å². The highest BCUT2D eigenvalue weighted by Crippen LogP contribution is 2.32. The molecule has 0 aliphatic heterocycles. The summed E-state index contributed by atoms with van der Waals surface area (Å²) in [5.74, 6) is -2.26. The highest BCUT2D eigenvalue weighted by atomic mass is 32.2. The Balaban J connectivity index is 1.81. The fraction of sp³-hybridized carbons (Fsp3) is 0.286. The first-order valence-corrected chi connectivity index (χ1v) is 13.9. The van der Waals surface area contributed by atoms with Crippen LogP contribution in [-0.4, -0.2) is 46.0 Å². The quantitative estimate of drug-likeness (QED) is 0.226. The Morgan fingerprint density at radius 3 is 2.50 bits per heavy atom. The van der Waals surface area contributed by atoms with E-state index in [9.17, 15) is 22.0 Å². The van der Waals surface area contributed by atoms with Crippen molar-refractivity contribution in [3.8, 4) is 11.4 Å². The molecular formula is C28H29F2N5O4S. The predicted molar refractivity (Wildman–Crippen MR) is 147 cm³/mol. The van der Waals surface area contributed by atoms with Crippen LogP contribution in [0, 0.1) is 24.0 Å². The smallest absolute Gasteiger partial charge is 0.330 e. The minimum atomic E-state index is -4.13. The average molecular weight is 570 g/mol. The van der Waals surface area contributed by atoms with Crippen molar-refractivity contribution in [3.05, 3.63) is 78.3 Å². The molecule has 1 atom stereocenters. The van der Waals surface area contributed by atoms with Gasteiger partial charge in [-0.1, -0.05) is 44.5 Å². The molecule has 4 rings (SSSR count). The molecule has 0 spiro atoms. The number of pyridine rings is 1. The van der Waals surface area contributed by atoms with Gasteiger partial charge in [-0.3, -0.25) is 0 Å². The first kappa shape index (κ1) is 28.8. The van der Waals surface area contributed by atoms with Gasteiger partial charge in [0.15, 0.2) is 23.1 Å². The Kier molecular flexibility index (Phi) is 8.01. The number of hydrogen-bond acceptors (Lipinski definition) is 8. The monoisotopic (exact) mass is 569 g/mol. The summed E-state index contributed by atoms with van der Waals surface area (Å²) in [5, 5.41) is 3.11. The maximum Gasteiger partial charge on any atom is 0.330 e. The van der Waals surface area contributed by atoms with Crippen LogP contribution in [0.2, 0.25) is 0 Å². The van der Waals surface area contributed by atoms with Crippen molar-refractivity contribution in [1.29, 1.82) is 0 Å². The van der Waals surface area contributed by atoms with Crippen LogP contribution in [0.15, 0.2) is 66.0 Å². The number of halogens is 2. The molecule has 210 valence electrons. The fourth-order valence-corrected chi connectivity index (χ4v) is 5.23. The van der Waals surface area contributed by atoms with Crippen molar-refractivity contribution >= 4 is 32.8 Å². The van der Waals surface area contributed by atoms with E-state index in [1.54, 1.807) is 25.1 Å². The Bertz CT molecular complexity index is 1690. The molecule has 3 aromatic heterocycles. The van der Waals surface area contributed by atoms with Crippen molar-refractivity contribution in [1.82, 2.24) is 18.9 Å². The fourth-order valence-electron chi connectivity index (χ4n) is 3.90. The summed E-state index contributed by atoms with van der Waals surface area (Å²) in [4.78, 5) is 24.3. The molecule has 0 aliphatic rings. The normalized spacial score (nSPS) is 13.1. The molecular weight excluding hydrogens is 540 g/mol. The van der Waals surface area contributed by atoms with Crippen LogP contribution in [0.4, 0.5) is 14.6 Å². The Hall–Kier alpha value is -4.19. The second-order valence-corrected chi connectivity index (χ2v) is 12.0. The number of aryl methyl sites for hydroxylation is 1. The van der Waals surface area contributed by atoms with E-state index in [1.165, 1.54) is 24.4 Å². The lowest BCUT2D eigenvalue weighted by atomic mass is 9.86. The lowest BCUT2D eigenvalue weighted by Crippen LogP contribution is -2.33. The van der Waals surface area contributed by atoms with Gasteiger partial charge in [0.05, 0.1) is 29.9 Å². The molecule has 3 heterocycles. The Morgan fingerprint density at radius 1 is 1.15 bits per heavy atom. The van der Waals surface area contributed by atoms with Gasteiger partial charge in [0.2, 0.25) is 0 Å². The first-order valence-electron chi connectivity index (χ1n) is 12.4. The predicted octanol–water partition coefficient (Wildman–Crippen LogP) is 5.26. The van der Waals surface area contributed by atoms with Crippen LogP contribution in [-0.2, 0) is 19.6 Å². The molecule has 0 amide bonds. The van der Waals surface area contributed by atoms with E-state index < -0.39 is 39.1 Å². The topological polar surface area (TPSA) is 116 Å². The third-order valence-corrected chi connectivity index (χ3v) is 7.74. The number of fused-ring (bicyclic) bond motifs is 1. The summed E-state index contributed by atoms with van der Waals surface area (Å²) < 4.78 is 62.1. The number of nitrogens with zero attached hydrogens (tertiary/aromatic N) is 4. The van der Waals surface area contributed by atoms with Gasteiger partial charge in [0, 0.05) is 23.2 Å². The number of anilines is 1. The van der Waals surface area contributed by atoms with Gasteiger partial charge in [0.1, 0.15) is 5.82 Å². The molecule has 1 N–H and O–H groups in total. The second kappa shape index (κ2) is 11.1. The summed E-state index contributed by atoms with van der Waals surface area (Å²) in [6, 6.07) is 6.82. The van der Waals surface area contributed by atoms with E-state index in [4.69, 9.17) is 4.74 Å². The van der Waals surface area contributed by atoms with Gasteiger partial charge in [-0.05, 0) is 37.5 Å². The number of nitrogens with one attached hydrogen (secondary N) is 1. The van der Waals surface area contributed by atoms with Gasteiger partial charge in [0.25, 0.3) is 10.0 Å². The molecule has 0 aliphatic carbocycles. The van der Waals surface area contributed by atoms with Crippen LogP contribution in [0.3, 0.4) is 0 Å². The van der Waals surface area contributed by atoms with E-state index in [1.807, 2.05) is 27.7 Å². The van der Waals surface area contributed by atoms with Gasteiger partial charge < -0.3 is 10.1 Å². The largest absolute Gasteiger partial charge is 0.463 e. The second-order valence-electron chi connectivity index (χ2n) is 10.2. The lowest BCUT2D eigenvalue weighted by Gasteiger charge is -2.29. The third kappa shape index (κ3) is 6.01. The van der Waals surface area contributed by atoms with Crippen LogP contribution in [0.25, 0.3) is 22.4 Å². The van der Waals surface area contributed by atoms with E-state index in [2.05, 4.69) is 20.3 Å². The maximum atomic E-state index is 14.9. The standard InChI is InChI=1S/C28H29F2N5O4S/c1-6-39-24(36)12-11-23(28(3,4)5)33-26-22(30)15-31-25(34-26)21-16-35(27-20(21)13-18(29)14-32-27)40(37,38)19-9-7-17(2)8-10-19/h7-16,23H,6H2,1-5H3,(H,31,33,34)/b12-11+/t23-/m0/s1. The number of esters is 1. The SMILES string of the molecule is CCOC(=O)/C=C/[C@H](Nc1nc(-c2cn(S(=O)(=O)c3ccc(C)cc3)c3ncc(F)cc23)ncc1F)C(C)(C)C. The van der Waals surface area contributed by atoms with Crippen LogP contribution >= 0.6 is 0 Å². The van der Waals surface area contributed by atoms with Gasteiger partial charge >= 0.3 is 5.97 Å². The molecule has 1 aromatic carbocycles. The van der Waals surface area contributed by atoms with Gasteiger partial charge in [-0.15, -0.1) is 0 Å². The lowest BCUT2D eigenvalue weighted by molar-refractivity contribution is -0.137. The van der Waals surface area contributed by atoms with Crippen LogP contribution in [0.5, 0.6) is 0 Å². The summed E-state index contributed by atoms with van der Waals surface area (Å²) in [6.45, 7) is 9.39. The van der Waals surface area contributed by atoms with Crippen molar-refractivity contribution < 1.29 is 26.7 Å². The molecule has 40 heavy (non-hydrogen) atoms. The van der Waals surface area contributed by atoms with Gasteiger partial charge in [-0.2, -0.15) is 0 Å². The van der Waals surface area contributed by atoms with E-state index in [-0.39, 0.29) is 39.7 Å². The molecule has 0 saturated heterocycles. The highest BCUT2D eigenvalue weighted by molar-refractivity contribution is 7.90. The van der Waals surface area contributed by atoms with E-state index >= 15 is 0 Å². The zero-order valence-electron chi connectivity index (χ0n) is 22.6. The number of hydrogen-bond donors (Lipinski definition) is 1. The number of aromatic nitrogens is 4. The van der Waals surface area contributed by atoms with E-state index in [0.29, 0.717) is 0 Å². The molecule has 12 heteroatoms. The summed E-state index contributed by atoms with van der Waals surface area (Å²) in [7, 11) is -4.13. The zero-order chi connectivity index (χ0) is 29.2. The van der Waals surface area contributed by atoms with Crippen molar-refractivity contribution in [2.75, 3.05) is 11.9 Å². The molecule has 0 unspecified atom stereocenters. The number of benzene rings is 1. The molecule has 4 aromatic rings. The zero-order valence-corrected chi connectivity index (χ0v) is 23.5. The molecule has 0 fully saturated rings. The molecule has 0 radical (unpaired) electrons. The highest BCUT2D eigenvalue weighted by Gasteiger charge is 2.27. The minimum Gasteiger partial charge on any atom is -0.463 e. The maximum absolute atomic E-state index is 14.9. The minimum absolute atomic E-state index is 0.0106. The average Bonchev–Trinajstić information content (AvgIpc) is 3.26. The Labute approximate surface area is 231 Å². The van der Waals surface area contributed by atoms with Crippen LogP contribution < -0.4 is 5.32 Å². The molecule has 0 bridgehead atoms. The Morgan fingerprint density at radius 2 is 1.85 bits per heavy atom. The molecule has 0 saturated carbocycles. The van der Waals surface area contributed by atoms with Crippen molar-refractivity contribution in [3.63, 3.8) is 0 Å². The summed E-state index contributed by atoms with van der Waals surface area (Å²) >= 11 is 0.